The highest BCUT2D eigenvalue weighted by atomic mass is 16.3. The lowest BCUT2D eigenvalue weighted by atomic mass is 10.0. The van der Waals surface area contributed by atoms with E-state index in [2.05, 4.69) is 0 Å². The third-order valence-corrected chi connectivity index (χ3v) is 2.20. The molecular weight excluding hydrogens is 192 g/mol. The third kappa shape index (κ3) is 2.13. The summed E-state index contributed by atoms with van der Waals surface area (Å²) in [7, 11) is 0. The Hall–Kier alpha value is -1.48. The Labute approximate surface area is 88.0 Å². The standard InChI is InChI=1S/C12H14O3/c1-12(2,14)7-8-6-9-10(13)4-3-5-11(9)15-8/h3-6,13-14H,7H2,1-2H3. The summed E-state index contributed by atoms with van der Waals surface area (Å²) in [6, 6.07) is 6.91. The van der Waals surface area contributed by atoms with Gasteiger partial charge in [0.05, 0.1) is 11.0 Å². The summed E-state index contributed by atoms with van der Waals surface area (Å²) in [6.07, 6.45) is 0.432. The molecule has 0 aliphatic heterocycles. The van der Waals surface area contributed by atoms with Gasteiger partial charge in [0, 0.05) is 6.42 Å². The highest BCUT2D eigenvalue weighted by molar-refractivity contribution is 5.84. The second-order valence-electron chi connectivity index (χ2n) is 4.39. The van der Waals surface area contributed by atoms with Crippen molar-refractivity contribution in [2.45, 2.75) is 25.9 Å². The number of aromatic hydroxyl groups is 1. The predicted octanol–water partition coefficient (Wildman–Crippen LogP) is 2.45. The molecular formula is C12H14O3. The second kappa shape index (κ2) is 3.28. The van der Waals surface area contributed by atoms with E-state index in [0.29, 0.717) is 23.2 Å². The van der Waals surface area contributed by atoms with Crippen molar-refractivity contribution in [2.24, 2.45) is 0 Å². The molecule has 15 heavy (non-hydrogen) atoms. The van der Waals surface area contributed by atoms with Gasteiger partial charge in [-0.25, -0.2) is 0 Å². The minimum absolute atomic E-state index is 0.207. The molecule has 0 fully saturated rings. The molecule has 3 heteroatoms. The number of aliphatic hydroxyl groups is 1. The molecule has 2 rings (SSSR count). The van der Waals surface area contributed by atoms with E-state index in [0.717, 1.165) is 0 Å². The number of fused-ring (bicyclic) bond motifs is 1. The molecule has 0 saturated heterocycles. The molecule has 1 aromatic heterocycles. The summed E-state index contributed by atoms with van der Waals surface area (Å²) in [4.78, 5) is 0. The van der Waals surface area contributed by atoms with E-state index >= 15 is 0 Å². The fourth-order valence-electron chi connectivity index (χ4n) is 1.61. The van der Waals surface area contributed by atoms with Crippen LogP contribution in [0.25, 0.3) is 11.0 Å². The molecule has 80 valence electrons. The van der Waals surface area contributed by atoms with Crippen LogP contribution in [0.1, 0.15) is 19.6 Å². The molecule has 0 aliphatic rings. The zero-order chi connectivity index (χ0) is 11.1. The summed E-state index contributed by atoms with van der Waals surface area (Å²) in [5, 5.41) is 19.9. The second-order valence-corrected chi connectivity index (χ2v) is 4.39. The molecule has 0 radical (unpaired) electrons. The number of phenolic OH excluding ortho intramolecular Hbond substituents is 1. The van der Waals surface area contributed by atoms with Crippen LogP contribution in [-0.4, -0.2) is 15.8 Å². The Morgan fingerprint density at radius 2 is 2.07 bits per heavy atom. The predicted molar refractivity (Wildman–Crippen MR) is 57.9 cm³/mol. The maximum absolute atomic E-state index is 9.64. The number of furan rings is 1. The molecule has 2 aromatic rings. The Bertz CT molecular complexity index is 477. The number of phenols is 1. The molecule has 2 N–H and O–H groups in total. The van der Waals surface area contributed by atoms with Crippen LogP contribution < -0.4 is 0 Å². The average Bonchev–Trinajstić information content (AvgIpc) is 2.45. The first-order valence-corrected chi connectivity index (χ1v) is 4.88. The lowest BCUT2D eigenvalue weighted by molar-refractivity contribution is 0.0757. The molecule has 0 saturated carbocycles. The molecule has 0 spiro atoms. The van der Waals surface area contributed by atoms with E-state index in [-0.39, 0.29) is 5.75 Å². The monoisotopic (exact) mass is 206 g/mol. The average molecular weight is 206 g/mol. The number of rotatable bonds is 2. The summed E-state index contributed by atoms with van der Waals surface area (Å²) in [5.74, 6) is 0.886. The molecule has 0 bridgehead atoms. The van der Waals surface area contributed by atoms with Crippen LogP contribution in [0.5, 0.6) is 5.75 Å². The van der Waals surface area contributed by atoms with Gasteiger partial charge in [-0.05, 0) is 32.0 Å². The van der Waals surface area contributed by atoms with Gasteiger partial charge in [0.15, 0.2) is 0 Å². The lowest BCUT2D eigenvalue weighted by Crippen LogP contribution is -2.21. The van der Waals surface area contributed by atoms with Crippen molar-refractivity contribution in [1.29, 1.82) is 0 Å². The van der Waals surface area contributed by atoms with Gasteiger partial charge in [0.2, 0.25) is 0 Å². The minimum atomic E-state index is -0.802. The molecule has 3 nitrogen and oxygen atoms in total. The summed E-state index contributed by atoms with van der Waals surface area (Å²) in [6.45, 7) is 3.44. The molecule has 0 aliphatic carbocycles. The van der Waals surface area contributed by atoms with E-state index in [4.69, 9.17) is 4.42 Å². The van der Waals surface area contributed by atoms with Crippen molar-refractivity contribution in [1.82, 2.24) is 0 Å². The van der Waals surface area contributed by atoms with Crippen LogP contribution >= 0.6 is 0 Å². The fraction of sp³-hybridized carbons (Fsp3) is 0.333. The Morgan fingerprint density at radius 3 is 2.67 bits per heavy atom. The fourth-order valence-corrected chi connectivity index (χ4v) is 1.61. The summed E-state index contributed by atoms with van der Waals surface area (Å²) in [5.41, 5.74) is -0.155. The summed E-state index contributed by atoms with van der Waals surface area (Å²) >= 11 is 0. The van der Waals surface area contributed by atoms with Crippen molar-refractivity contribution < 1.29 is 14.6 Å². The highest BCUT2D eigenvalue weighted by Crippen LogP contribution is 2.28. The molecule has 0 amide bonds. The van der Waals surface area contributed by atoms with Crippen molar-refractivity contribution in [3.63, 3.8) is 0 Å². The topological polar surface area (TPSA) is 53.6 Å². The molecule has 0 atom stereocenters. The molecule has 1 aromatic carbocycles. The van der Waals surface area contributed by atoms with Gasteiger partial charge in [-0.3, -0.25) is 0 Å². The van der Waals surface area contributed by atoms with Gasteiger partial charge in [-0.15, -0.1) is 0 Å². The van der Waals surface area contributed by atoms with E-state index < -0.39 is 5.60 Å². The first-order valence-electron chi connectivity index (χ1n) is 4.88. The normalized spacial score (nSPS) is 12.2. The largest absolute Gasteiger partial charge is 0.507 e. The van der Waals surface area contributed by atoms with Crippen molar-refractivity contribution >= 4 is 11.0 Å². The third-order valence-electron chi connectivity index (χ3n) is 2.20. The number of hydrogen-bond donors (Lipinski definition) is 2. The van der Waals surface area contributed by atoms with Crippen molar-refractivity contribution in [3.05, 3.63) is 30.0 Å². The Balaban J connectivity index is 2.44. The van der Waals surface area contributed by atoms with Crippen LogP contribution in [-0.2, 0) is 6.42 Å². The van der Waals surface area contributed by atoms with Crippen LogP contribution in [0.3, 0.4) is 0 Å². The van der Waals surface area contributed by atoms with Crippen molar-refractivity contribution in [3.8, 4) is 5.75 Å². The zero-order valence-electron chi connectivity index (χ0n) is 8.82. The van der Waals surface area contributed by atoms with Crippen LogP contribution in [0, 0.1) is 0 Å². The first-order chi connectivity index (χ1) is 6.96. The van der Waals surface area contributed by atoms with Gasteiger partial charge >= 0.3 is 0 Å². The van der Waals surface area contributed by atoms with Gasteiger partial charge in [-0.1, -0.05) is 6.07 Å². The van der Waals surface area contributed by atoms with E-state index in [1.165, 1.54) is 0 Å². The number of hydrogen-bond acceptors (Lipinski definition) is 3. The van der Waals surface area contributed by atoms with Crippen LogP contribution in [0.15, 0.2) is 28.7 Å². The quantitative estimate of drug-likeness (QED) is 0.793. The SMILES string of the molecule is CC(C)(O)Cc1cc2c(O)cccc2o1. The Kier molecular flexibility index (Phi) is 2.20. The highest BCUT2D eigenvalue weighted by Gasteiger charge is 2.17. The van der Waals surface area contributed by atoms with E-state index in [1.807, 2.05) is 0 Å². The molecule has 1 heterocycles. The molecule has 0 unspecified atom stereocenters. The van der Waals surface area contributed by atoms with Crippen LogP contribution in [0.4, 0.5) is 0 Å². The smallest absolute Gasteiger partial charge is 0.138 e. The van der Waals surface area contributed by atoms with E-state index in [9.17, 15) is 10.2 Å². The maximum Gasteiger partial charge on any atom is 0.138 e. The van der Waals surface area contributed by atoms with Gasteiger partial charge in [0.25, 0.3) is 0 Å². The first kappa shape index (κ1) is 10.1. The van der Waals surface area contributed by atoms with Gasteiger partial charge < -0.3 is 14.6 Å². The van der Waals surface area contributed by atoms with Crippen molar-refractivity contribution in [2.75, 3.05) is 0 Å². The van der Waals surface area contributed by atoms with E-state index in [1.54, 1.807) is 38.1 Å². The van der Waals surface area contributed by atoms with Gasteiger partial charge in [0.1, 0.15) is 17.1 Å². The summed E-state index contributed by atoms with van der Waals surface area (Å²) < 4.78 is 5.50. The maximum atomic E-state index is 9.64. The number of benzene rings is 1. The van der Waals surface area contributed by atoms with Crippen LogP contribution in [0.2, 0.25) is 0 Å². The lowest BCUT2D eigenvalue weighted by Gasteiger charge is -2.14. The Morgan fingerprint density at radius 1 is 1.33 bits per heavy atom. The van der Waals surface area contributed by atoms with Gasteiger partial charge in [-0.2, -0.15) is 0 Å². The minimum Gasteiger partial charge on any atom is -0.507 e. The zero-order valence-corrected chi connectivity index (χ0v) is 8.82.